The molecule has 0 fully saturated rings. The van der Waals surface area contributed by atoms with E-state index in [1.54, 1.807) is 0 Å². The van der Waals surface area contributed by atoms with Crippen molar-refractivity contribution in [3.8, 4) is 0 Å². The third kappa shape index (κ3) is 42.3. The molecule has 6 nitrogen and oxygen atoms in total. The third-order valence-corrected chi connectivity index (χ3v) is 12.2. The van der Waals surface area contributed by atoms with Crippen molar-refractivity contribution in [3.63, 3.8) is 0 Å². The Morgan fingerprint density at radius 2 is 0.614 bits per heavy atom. The number of hydrogen-bond donors (Lipinski definition) is 0. The second-order valence-electron chi connectivity index (χ2n) is 17.9. The Bertz CT molecular complexity index is 874. The van der Waals surface area contributed by atoms with E-state index in [-0.39, 0.29) is 31.1 Å². The number of carbonyl (C=O) groups is 3. The van der Waals surface area contributed by atoms with Crippen LogP contribution in [0.1, 0.15) is 279 Å². The van der Waals surface area contributed by atoms with Crippen LogP contribution in [0.5, 0.6) is 0 Å². The number of hydrogen-bond acceptors (Lipinski definition) is 6. The van der Waals surface area contributed by atoms with Gasteiger partial charge in [-0.15, -0.1) is 0 Å². The molecule has 6 heteroatoms. The standard InChI is InChI=1S/C51H98O6/c1-6-9-10-11-12-13-14-15-16-20-26-31-36-41-49(52)55-44-48(57-51(54)43-38-33-28-23-22-25-30-35-40-47(5)8-3)45-56-50(53)42-37-32-27-21-18-17-19-24-29-34-39-46(4)7-2/h46-48H,6-45H2,1-5H3/t46?,47?,48-/m1/s1. The molecule has 0 aromatic rings. The summed E-state index contributed by atoms with van der Waals surface area (Å²) in [5.74, 6) is 0.863. The molecule has 0 aliphatic carbocycles. The summed E-state index contributed by atoms with van der Waals surface area (Å²) in [7, 11) is 0. The zero-order chi connectivity index (χ0) is 41.9. The van der Waals surface area contributed by atoms with Crippen LogP contribution >= 0.6 is 0 Å². The summed E-state index contributed by atoms with van der Waals surface area (Å²) in [6.45, 7) is 11.4. The number of ether oxygens (including phenoxy) is 3. The number of esters is 3. The zero-order valence-electron chi connectivity index (χ0n) is 39.0. The summed E-state index contributed by atoms with van der Waals surface area (Å²) in [6, 6.07) is 0. The van der Waals surface area contributed by atoms with Crippen LogP contribution in [0.2, 0.25) is 0 Å². The van der Waals surface area contributed by atoms with Gasteiger partial charge in [-0.05, 0) is 31.1 Å². The first-order valence-electron chi connectivity index (χ1n) is 25.3. The molecule has 0 aliphatic rings. The SMILES string of the molecule is CCCCCCCCCCCCCCCC(=O)OC[C@H](COC(=O)CCCCCCCCCCCCC(C)CC)OC(=O)CCCCCCCCCCC(C)CC. The smallest absolute Gasteiger partial charge is 0.306 e. The molecule has 0 heterocycles. The van der Waals surface area contributed by atoms with Gasteiger partial charge in [0.2, 0.25) is 0 Å². The fraction of sp³-hybridized carbons (Fsp3) is 0.941. The zero-order valence-corrected chi connectivity index (χ0v) is 39.0. The molecule has 0 N–H and O–H groups in total. The van der Waals surface area contributed by atoms with E-state index < -0.39 is 6.10 Å². The van der Waals surface area contributed by atoms with E-state index in [1.165, 1.54) is 167 Å². The van der Waals surface area contributed by atoms with Crippen LogP contribution in [-0.2, 0) is 28.6 Å². The minimum absolute atomic E-state index is 0.0643. The van der Waals surface area contributed by atoms with Crippen molar-refractivity contribution in [1.82, 2.24) is 0 Å². The van der Waals surface area contributed by atoms with Crippen molar-refractivity contribution >= 4 is 17.9 Å². The van der Waals surface area contributed by atoms with Crippen LogP contribution in [0, 0.1) is 11.8 Å². The molecule has 0 rings (SSSR count). The molecule has 0 aromatic carbocycles. The maximum Gasteiger partial charge on any atom is 0.306 e. The second-order valence-corrected chi connectivity index (χ2v) is 17.9. The van der Waals surface area contributed by atoms with Crippen molar-refractivity contribution in [3.05, 3.63) is 0 Å². The maximum atomic E-state index is 12.8. The fourth-order valence-corrected chi connectivity index (χ4v) is 7.57. The van der Waals surface area contributed by atoms with E-state index in [0.717, 1.165) is 69.6 Å². The van der Waals surface area contributed by atoms with E-state index in [4.69, 9.17) is 14.2 Å². The van der Waals surface area contributed by atoms with E-state index in [1.807, 2.05) is 0 Å². The van der Waals surface area contributed by atoms with E-state index in [0.29, 0.717) is 19.3 Å². The van der Waals surface area contributed by atoms with Crippen LogP contribution in [0.3, 0.4) is 0 Å². The Balaban J connectivity index is 4.34. The average Bonchev–Trinajstić information content (AvgIpc) is 3.21. The molecule has 0 aliphatic heterocycles. The maximum absolute atomic E-state index is 12.8. The lowest BCUT2D eigenvalue weighted by Gasteiger charge is -2.18. The second kappa shape index (κ2) is 44.0. The van der Waals surface area contributed by atoms with Gasteiger partial charge >= 0.3 is 17.9 Å². The van der Waals surface area contributed by atoms with Gasteiger partial charge in [0.25, 0.3) is 0 Å². The Morgan fingerprint density at radius 1 is 0.351 bits per heavy atom. The molecule has 57 heavy (non-hydrogen) atoms. The van der Waals surface area contributed by atoms with E-state index in [9.17, 15) is 14.4 Å². The molecule has 338 valence electrons. The molecule has 0 amide bonds. The summed E-state index contributed by atoms with van der Waals surface area (Å²) >= 11 is 0. The first-order valence-corrected chi connectivity index (χ1v) is 25.3. The topological polar surface area (TPSA) is 78.9 Å². The number of rotatable bonds is 45. The minimum Gasteiger partial charge on any atom is -0.462 e. The molecule has 2 unspecified atom stereocenters. The summed E-state index contributed by atoms with van der Waals surface area (Å²) in [4.78, 5) is 37.9. The van der Waals surface area contributed by atoms with E-state index >= 15 is 0 Å². The quantitative estimate of drug-likeness (QED) is 0.0346. The van der Waals surface area contributed by atoms with Crippen LogP contribution < -0.4 is 0 Å². The van der Waals surface area contributed by atoms with Gasteiger partial charge in [-0.25, -0.2) is 0 Å². The van der Waals surface area contributed by atoms with Gasteiger partial charge in [0.05, 0.1) is 0 Å². The summed E-state index contributed by atoms with van der Waals surface area (Å²) < 4.78 is 16.8. The predicted octanol–water partition coefficient (Wildman–Crippen LogP) is 16.1. The molecule has 0 radical (unpaired) electrons. The highest BCUT2D eigenvalue weighted by atomic mass is 16.6. The third-order valence-electron chi connectivity index (χ3n) is 12.2. The van der Waals surface area contributed by atoms with Crippen molar-refractivity contribution in [1.29, 1.82) is 0 Å². The highest BCUT2D eigenvalue weighted by Crippen LogP contribution is 2.18. The lowest BCUT2D eigenvalue weighted by atomic mass is 9.99. The largest absolute Gasteiger partial charge is 0.462 e. The minimum atomic E-state index is -0.762. The first-order chi connectivity index (χ1) is 27.8. The van der Waals surface area contributed by atoms with Gasteiger partial charge in [0, 0.05) is 19.3 Å². The molecule has 0 aromatic heterocycles. The molecule has 0 saturated heterocycles. The monoisotopic (exact) mass is 807 g/mol. The van der Waals surface area contributed by atoms with Gasteiger partial charge in [0.1, 0.15) is 13.2 Å². The van der Waals surface area contributed by atoms with Crippen LogP contribution in [-0.4, -0.2) is 37.2 Å². The average molecular weight is 807 g/mol. The number of carbonyl (C=O) groups excluding carboxylic acids is 3. The van der Waals surface area contributed by atoms with Gasteiger partial charge in [0.15, 0.2) is 6.10 Å². The Hall–Kier alpha value is -1.59. The van der Waals surface area contributed by atoms with Crippen molar-refractivity contribution in [2.75, 3.05) is 13.2 Å². The van der Waals surface area contributed by atoms with Crippen LogP contribution in [0.15, 0.2) is 0 Å². The molecular weight excluding hydrogens is 709 g/mol. The van der Waals surface area contributed by atoms with Gasteiger partial charge in [-0.3, -0.25) is 14.4 Å². The Labute approximate surface area is 355 Å². The molecule has 0 spiro atoms. The Morgan fingerprint density at radius 3 is 0.912 bits per heavy atom. The normalized spacial score (nSPS) is 13.0. The molecule has 3 atom stereocenters. The first kappa shape index (κ1) is 55.4. The predicted molar refractivity (Wildman–Crippen MR) is 243 cm³/mol. The van der Waals surface area contributed by atoms with Gasteiger partial charge in [-0.1, -0.05) is 240 Å². The van der Waals surface area contributed by atoms with E-state index in [2.05, 4.69) is 34.6 Å². The lowest BCUT2D eigenvalue weighted by molar-refractivity contribution is -0.167. The van der Waals surface area contributed by atoms with Crippen LogP contribution in [0.25, 0.3) is 0 Å². The summed E-state index contributed by atoms with van der Waals surface area (Å²) in [5, 5.41) is 0. The van der Waals surface area contributed by atoms with Gasteiger partial charge < -0.3 is 14.2 Å². The highest BCUT2D eigenvalue weighted by Gasteiger charge is 2.19. The summed E-state index contributed by atoms with van der Waals surface area (Å²) in [5.41, 5.74) is 0. The Kier molecular flexibility index (Phi) is 42.7. The van der Waals surface area contributed by atoms with Crippen molar-refractivity contribution in [2.45, 2.75) is 285 Å². The van der Waals surface area contributed by atoms with Gasteiger partial charge in [-0.2, -0.15) is 0 Å². The van der Waals surface area contributed by atoms with Crippen molar-refractivity contribution < 1.29 is 28.6 Å². The van der Waals surface area contributed by atoms with Crippen molar-refractivity contribution in [2.24, 2.45) is 11.8 Å². The fourth-order valence-electron chi connectivity index (χ4n) is 7.57. The lowest BCUT2D eigenvalue weighted by Crippen LogP contribution is -2.30. The molecular formula is C51H98O6. The summed E-state index contributed by atoms with van der Waals surface area (Å²) in [6.07, 6.45) is 43.6. The molecule has 0 saturated carbocycles. The van der Waals surface area contributed by atoms with Crippen LogP contribution in [0.4, 0.5) is 0 Å². The number of unbranched alkanes of at least 4 members (excludes halogenated alkanes) is 28. The highest BCUT2D eigenvalue weighted by molar-refractivity contribution is 5.71. The molecule has 0 bridgehead atoms.